The lowest BCUT2D eigenvalue weighted by Crippen LogP contribution is -2.37. The summed E-state index contributed by atoms with van der Waals surface area (Å²) in [6.45, 7) is 5.80. The average Bonchev–Trinajstić information content (AvgIpc) is 2.97. The van der Waals surface area contributed by atoms with E-state index in [-0.39, 0.29) is 11.3 Å². The number of hydrogen-bond donors (Lipinski definition) is 3. The molecule has 1 fully saturated rings. The van der Waals surface area contributed by atoms with Crippen LogP contribution in [-0.4, -0.2) is 29.2 Å². The van der Waals surface area contributed by atoms with Crippen molar-refractivity contribution in [2.75, 3.05) is 18.4 Å². The first-order valence-corrected chi connectivity index (χ1v) is 6.26. The zero-order chi connectivity index (χ0) is 12.3. The van der Waals surface area contributed by atoms with Crippen LogP contribution >= 0.6 is 0 Å². The van der Waals surface area contributed by atoms with Gasteiger partial charge in [0.1, 0.15) is 0 Å². The molecule has 1 atom stereocenters. The van der Waals surface area contributed by atoms with Gasteiger partial charge in [-0.25, -0.2) is 0 Å². The first-order chi connectivity index (χ1) is 8.20. The lowest BCUT2D eigenvalue weighted by Gasteiger charge is -2.24. The van der Waals surface area contributed by atoms with Crippen molar-refractivity contribution in [3.8, 4) is 0 Å². The molecule has 1 saturated heterocycles. The Morgan fingerprint density at radius 1 is 1.59 bits per heavy atom. The van der Waals surface area contributed by atoms with Crippen LogP contribution in [0.5, 0.6) is 0 Å². The summed E-state index contributed by atoms with van der Waals surface area (Å²) in [7, 11) is 0. The van der Waals surface area contributed by atoms with Crippen LogP contribution in [0.4, 0.5) is 5.82 Å². The summed E-state index contributed by atoms with van der Waals surface area (Å²) in [5, 5.41) is 13.2. The highest BCUT2D eigenvalue weighted by molar-refractivity contribution is 5.95. The molecule has 0 saturated carbocycles. The molecule has 0 aromatic carbocycles. The van der Waals surface area contributed by atoms with Crippen LogP contribution in [0.15, 0.2) is 6.07 Å². The van der Waals surface area contributed by atoms with E-state index in [1.54, 1.807) is 0 Å². The van der Waals surface area contributed by atoms with Crippen LogP contribution in [0.25, 0.3) is 0 Å². The second kappa shape index (κ2) is 4.87. The molecule has 0 spiro atoms. The van der Waals surface area contributed by atoms with Crippen molar-refractivity contribution in [1.82, 2.24) is 15.5 Å². The maximum Gasteiger partial charge on any atom is 0.233 e. The Hall–Kier alpha value is -1.36. The number of carbonyl (C=O) groups excluding carboxylic acids is 1. The molecular weight excluding hydrogens is 216 g/mol. The van der Waals surface area contributed by atoms with Crippen LogP contribution in [0.1, 0.15) is 32.4 Å². The van der Waals surface area contributed by atoms with Crippen molar-refractivity contribution in [1.29, 1.82) is 0 Å². The summed E-state index contributed by atoms with van der Waals surface area (Å²) < 4.78 is 0. The Labute approximate surface area is 101 Å². The van der Waals surface area contributed by atoms with Crippen LogP contribution < -0.4 is 10.6 Å². The molecule has 2 heterocycles. The molecule has 1 aromatic rings. The number of hydrogen-bond acceptors (Lipinski definition) is 3. The van der Waals surface area contributed by atoms with Gasteiger partial charge in [-0.2, -0.15) is 5.10 Å². The van der Waals surface area contributed by atoms with Crippen molar-refractivity contribution in [2.45, 2.75) is 33.1 Å². The summed E-state index contributed by atoms with van der Waals surface area (Å²) in [5.74, 6) is 0.714. The minimum atomic E-state index is -0.259. The Bertz CT molecular complexity index is 393. The fourth-order valence-corrected chi connectivity index (χ4v) is 2.26. The number of aromatic amines is 1. The van der Waals surface area contributed by atoms with E-state index in [1.807, 2.05) is 13.0 Å². The van der Waals surface area contributed by atoms with Crippen LogP contribution in [0, 0.1) is 5.41 Å². The molecule has 1 aliphatic heterocycles. The van der Waals surface area contributed by atoms with Gasteiger partial charge in [0.25, 0.3) is 0 Å². The van der Waals surface area contributed by atoms with Crippen molar-refractivity contribution in [3.05, 3.63) is 11.8 Å². The Kier molecular flexibility index (Phi) is 3.47. The molecule has 1 amide bonds. The lowest BCUT2D eigenvalue weighted by molar-refractivity contribution is -0.124. The molecule has 1 aromatic heterocycles. The third-order valence-electron chi connectivity index (χ3n) is 3.66. The number of carbonyl (C=O) groups is 1. The largest absolute Gasteiger partial charge is 0.316 e. The van der Waals surface area contributed by atoms with E-state index in [0.717, 1.165) is 38.0 Å². The first kappa shape index (κ1) is 12.1. The van der Waals surface area contributed by atoms with E-state index in [2.05, 4.69) is 27.8 Å². The van der Waals surface area contributed by atoms with Gasteiger partial charge in [-0.1, -0.05) is 13.8 Å². The van der Waals surface area contributed by atoms with Crippen molar-refractivity contribution >= 4 is 11.7 Å². The highest BCUT2D eigenvalue weighted by Crippen LogP contribution is 2.30. The van der Waals surface area contributed by atoms with E-state index < -0.39 is 0 Å². The van der Waals surface area contributed by atoms with Gasteiger partial charge in [0.15, 0.2) is 5.82 Å². The molecule has 94 valence electrons. The van der Waals surface area contributed by atoms with Gasteiger partial charge >= 0.3 is 0 Å². The quantitative estimate of drug-likeness (QED) is 0.738. The maximum absolute atomic E-state index is 12.3. The number of anilines is 1. The molecule has 0 radical (unpaired) electrons. The standard InChI is InChI=1S/C12H20N4O/c1-3-9-7-10(16-15-9)14-11(17)12(4-2)5-6-13-8-12/h7,13H,3-6,8H2,1-2H3,(H2,14,15,16,17). The smallest absolute Gasteiger partial charge is 0.233 e. The number of H-pyrrole nitrogens is 1. The van der Waals surface area contributed by atoms with E-state index >= 15 is 0 Å². The Morgan fingerprint density at radius 3 is 2.94 bits per heavy atom. The SMILES string of the molecule is CCc1cc(NC(=O)C2(CC)CCNC2)n[nH]1. The summed E-state index contributed by atoms with van der Waals surface area (Å²) in [6.07, 6.45) is 2.65. The first-order valence-electron chi connectivity index (χ1n) is 6.26. The van der Waals surface area contributed by atoms with E-state index in [9.17, 15) is 4.79 Å². The number of aromatic nitrogens is 2. The fraction of sp³-hybridized carbons (Fsp3) is 0.667. The number of nitrogens with one attached hydrogen (secondary N) is 3. The molecule has 3 N–H and O–H groups in total. The second-order valence-corrected chi connectivity index (χ2v) is 4.65. The summed E-state index contributed by atoms with van der Waals surface area (Å²) in [5.41, 5.74) is 0.779. The van der Waals surface area contributed by atoms with Crippen LogP contribution in [-0.2, 0) is 11.2 Å². The minimum Gasteiger partial charge on any atom is -0.316 e. The van der Waals surface area contributed by atoms with Crippen molar-refractivity contribution in [2.24, 2.45) is 5.41 Å². The highest BCUT2D eigenvalue weighted by atomic mass is 16.2. The third kappa shape index (κ3) is 2.34. The average molecular weight is 236 g/mol. The summed E-state index contributed by atoms with van der Waals surface area (Å²) >= 11 is 0. The molecule has 1 aliphatic rings. The predicted octanol–water partition coefficient (Wildman–Crippen LogP) is 1.30. The normalized spacial score (nSPS) is 23.9. The molecule has 0 bridgehead atoms. The number of rotatable bonds is 4. The molecule has 1 unspecified atom stereocenters. The molecular formula is C12H20N4O. The van der Waals surface area contributed by atoms with E-state index in [1.165, 1.54) is 0 Å². The molecule has 2 rings (SSSR count). The Balaban J connectivity index is 2.05. The van der Waals surface area contributed by atoms with Gasteiger partial charge in [0, 0.05) is 18.3 Å². The van der Waals surface area contributed by atoms with Gasteiger partial charge in [-0.05, 0) is 25.8 Å². The number of aryl methyl sites for hydroxylation is 1. The molecule has 5 nitrogen and oxygen atoms in total. The number of amides is 1. The van der Waals surface area contributed by atoms with Gasteiger partial charge in [-0.15, -0.1) is 0 Å². The number of nitrogens with zero attached hydrogens (tertiary/aromatic N) is 1. The monoisotopic (exact) mass is 236 g/mol. The zero-order valence-corrected chi connectivity index (χ0v) is 10.5. The zero-order valence-electron chi connectivity index (χ0n) is 10.5. The van der Waals surface area contributed by atoms with E-state index in [0.29, 0.717) is 5.82 Å². The van der Waals surface area contributed by atoms with Crippen molar-refractivity contribution < 1.29 is 4.79 Å². The van der Waals surface area contributed by atoms with E-state index in [4.69, 9.17) is 0 Å². The second-order valence-electron chi connectivity index (χ2n) is 4.65. The van der Waals surface area contributed by atoms with Gasteiger partial charge in [-0.3, -0.25) is 9.89 Å². The summed E-state index contributed by atoms with van der Waals surface area (Å²) in [4.78, 5) is 12.3. The highest BCUT2D eigenvalue weighted by Gasteiger charge is 2.39. The lowest BCUT2D eigenvalue weighted by atomic mass is 9.83. The predicted molar refractivity (Wildman–Crippen MR) is 66.8 cm³/mol. The Morgan fingerprint density at radius 2 is 2.41 bits per heavy atom. The van der Waals surface area contributed by atoms with Gasteiger partial charge in [0.05, 0.1) is 5.41 Å². The molecule has 5 heteroatoms. The third-order valence-corrected chi connectivity index (χ3v) is 3.66. The molecule has 17 heavy (non-hydrogen) atoms. The fourth-order valence-electron chi connectivity index (χ4n) is 2.26. The van der Waals surface area contributed by atoms with Crippen LogP contribution in [0.2, 0.25) is 0 Å². The van der Waals surface area contributed by atoms with Gasteiger partial charge < -0.3 is 10.6 Å². The maximum atomic E-state index is 12.3. The summed E-state index contributed by atoms with van der Waals surface area (Å²) in [6, 6.07) is 1.89. The van der Waals surface area contributed by atoms with Crippen molar-refractivity contribution in [3.63, 3.8) is 0 Å². The minimum absolute atomic E-state index is 0.0825. The topological polar surface area (TPSA) is 69.8 Å². The van der Waals surface area contributed by atoms with Crippen LogP contribution in [0.3, 0.4) is 0 Å². The molecule has 0 aliphatic carbocycles. The van der Waals surface area contributed by atoms with Gasteiger partial charge in [0.2, 0.25) is 5.91 Å².